The van der Waals surface area contributed by atoms with E-state index in [9.17, 15) is 9.18 Å². The van der Waals surface area contributed by atoms with Crippen molar-refractivity contribution in [1.82, 2.24) is 9.97 Å². The summed E-state index contributed by atoms with van der Waals surface area (Å²) in [5, 5.41) is 0.512. The fourth-order valence-electron chi connectivity index (χ4n) is 1.43. The number of halogens is 1. The first-order chi connectivity index (χ1) is 9.19. The topological polar surface area (TPSA) is 55.0 Å². The van der Waals surface area contributed by atoms with Crippen molar-refractivity contribution in [2.24, 2.45) is 0 Å². The van der Waals surface area contributed by atoms with Crippen LogP contribution in [0.4, 0.5) is 4.39 Å². The van der Waals surface area contributed by atoms with E-state index in [0.717, 1.165) is 5.56 Å². The molecule has 1 heterocycles. The van der Waals surface area contributed by atoms with E-state index in [-0.39, 0.29) is 17.1 Å². The summed E-state index contributed by atoms with van der Waals surface area (Å²) in [6.45, 7) is 2.23. The Kier molecular flexibility index (Phi) is 4.57. The average Bonchev–Trinajstić information content (AvgIpc) is 2.41. The fraction of sp³-hybridized carbons (Fsp3) is 0.231. The van der Waals surface area contributed by atoms with E-state index in [1.165, 1.54) is 30.1 Å². The largest absolute Gasteiger partial charge is 0.487 e. The van der Waals surface area contributed by atoms with Gasteiger partial charge < -0.3 is 4.74 Å². The van der Waals surface area contributed by atoms with Crippen LogP contribution in [0, 0.1) is 5.82 Å². The van der Waals surface area contributed by atoms with Gasteiger partial charge in [0.1, 0.15) is 5.82 Å². The van der Waals surface area contributed by atoms with Crippen molar-refractivity contribution in [2.75, 3.05) is 6.61 Å². The van der Waals surface area contributed by atoms with Gasteiger partial charge in [0, 0.05) is 5.75 Å². The third-order valence-corrected chi connectivity index (χ3v) is 3.29. The van der Waals surface area contributed by atoms with Gasteiger partial charge in [-0.05, 0) is 24.6 Å². The zero-order chi connectivity index (χ0) is 13.7. The molecule has 0 aliphatic carbocycles. The highest BCUT2D eigenvalue weighted by molar-refractivity contribution is 7.98. The number of ether oxygens (including phenoxy) is 1. The van der Waals surface area contributed by atoms with Crippen LogP contribution in [-0.4, -0.2) is 16.6 Å². The molecule has 0 bridgehead atoms. The number of nitrogens with one attached hydrogen (secondary N) is 1. The van der Waals surface area contributed by atoms with Crippen LogP contribution in [0.15, 0.2) is 40.4 Å². The zero-order valence-electron chi connectivity index (χ0n) is 10.4. The molecule has 1 aromatic carbocycles. The molecule has 0 saturated heterocycles. The molecule has 0 spiro atoms. The van der Waals surface area contributed by atoms with Crippen molar-refractivity contribution in [3.05, 3.63) is 52.2 Å². The molecule has 0 saturated carbocycles. The summed E-state index contributed by atoms with van der Waals surface area (Å²) in [5.74, 6) is 0.562. The quantitative estimate of drug-likeness (QED) is 0.675. The van der Waals surface area contributed by atoms with Crippen molar-refractivity contribution >= 4 is 11.8 Å². The molecule has 0 radical (unpaired) electrons. The number of aromatic amines is 1. The number of H-pyrrole nitrogens is 1. The molecule has 4 nitrogen and oxygen atoms in total. The maximum Gasteiger partial charge on any atom is 0.293 e. The lowest BCUT2D eigenvalue weighted by Gasteiger charge is -2.03. The normalized spacial score (nSPS) is 10.4. The molecule has 6 heteroatoms. The van der Waals surface area contributed by atoms with Crippen LogP contribution in [-0.2, 0) is 5.75 Å². The standard InChI is InChI=1S/C13H13FN2O2S/c1-2-18-11-7-15-13(16-12(11)17)19-8-9-3-5-10(14)6-4-9/h3-7H,2,8H2,1H3,(H,15,16,17). The number of hydrogen-bond donors (Lipinski definition) is 1. The van der Waals surface area contributed by atoms with Crippen molar-refractivity contribution in [2.45, 2.75) is 17.8 Å². The molecule has 0 amide bonds. The molecule has 100 valence electrons. The highest BCUT2D eigenvalue weighted by atomic mass is 32.2. The first-order valence-electron chi connectivity index (χ1n) is 5.78. The van der Waals surface area contributed by atoms with Gasteiger partial charge in [-0.1, -0.05) is 23.9 Å². The molecule has 19 heavy (non-hydrogen) atoms. The molecule has 0 aliphatic heterocycles. The molecule has 0 aliphatic rings. The summed E-state index contributed by atoms with van der Waals surface area (Å²) in [5.41, 5.74) is 0.668. The molecular weight excluding hydrogens is 267 g/mol. The van der Waals surface area contributed by atoms with Crippen LogP contribution in [0.25, 0.3) is 0 Å². The summed E-state index contributed by atoms with van der Waals surface area (Å²) < 4.78 is 17.8. The number of thioether (sulfide) groups is 1. The van der Waals surface area contributed by atoms with Crippen LogP contribution in [0.1, 0.15) is 12.5 Å². The van der Waals surface area contributed by atoms with Gasteiger partial charge in [-0.3, -0.25) is 9.78 Å². The highest BCUT2D eigenvalue weighted by Gasteiger charge is 2.04. The predicted octanol–water partition coefficient (Wildman–Crippen LogP) is 2.60. The second-order valence-corrected chi connectivity index (χ2v) is 4.69. The minimum Gasteiger partial charge on any atom is -0.487 e. The first kappa shape index (κ1) is 13.6. The Bertz CT molecular complexity index is 598. The van der Waals surface area contributed by atoms with Crippen molar-refractivity contribution in [3.63, 3.8) is 0 Å². The van der Waals surface area contributed by atoms with Crippen molar-refractivity contribution in [3.8, 4) is 5.75 Å². The summed E-state index contributed by atoms with van der Waals surface area (Å²) in [6, 6.07) is 6.22. The van der Waals surface area contributed by atoms with Crippen LogP contribution >= 0.6 is 11.8 Å². The van der Waals surface area contributed by atoms with E-state index in [4.69, 9.17) is 4.74 Å². The lowest BCUT2D eigenvalue weighted by Crippen LogP contribution is -2.12. The fourth-order valence-corrected chi connectivity index (χ4v) is 2.22. The highest BCUT2D eigenvalue weighted by Crippen LogP contribution is 2.18. The van der Waals surface area contributed by atoms with Crippen LogP contribution < -0.4 is 10.3 Å². The van der Waals surface area contributed by atoms with Crippen molar-refractivity contribution < 1.29 is 9.13 Å². The molecule has 1 aromatic heterocycles. The Hall–Kier alpha value is -1.82. The van der Waals surface area contributed by atoms with Crippen LogP contribution in [0.2, 0.25) is 0 Å². The van der Waals surface area contributed by atoms with Gasteiger partial charge in [0.2, 0.25) is 5.75 Å². The van der Waals surface area contributed by atoms with E-state index in [1.54, 1.807) is 19.1 Å². The van der Waals surface area contributed by atoms with Gasteiger partial charge >= 0.3 is 0 Å². The Morgan fingerprint density at radius 3 is 2.74 bits per heavy atom. The SMILES string of the molecule is CCOc1cnc(SCc2ccc(F)cc2)[nH]c1=O. The Labute approximate surface area is 114 Å². The second-order valence-electron chi connectivity index (χ2n) is 3.73. The average molecular weight is 280 g/mol. The summed E-state index contributed by atoms with van der Waals surface area (Å²) in [6.07, 6.45) is 1.41. The maximum absolute atomic E-state index is 12.7. The summed E-state index contributed by atoms with van der Waals surface area (Å²) >= 11 is 1.38. The molecule has 2 aromatic rings. The van der Waals surface area contributed by atoms with Crippen LogP contribution in [0.5, 0.6) is 5.75 Å². The lowest BCUT2D eigenvalue weighted by atomic mass is 10.2. The number of hydrogen-bond acceptors (Lipinski definition) is 4. The van der Waals surface area contributed by atoms with E-state index in [0.29, 0.717) is 17.5 Å². The maximum atomic E-state index is 12.7. The van der Waals surface area contributed by atoms with Gasteiger partial charge in [-0.25, -0.2) is 9.37 Å². The number of nitrogens with zero attached hydrogens (tertiary/aromatic N) is 1. The third-order valence-electron chi connectivity index (χ3n) is 2.33. The number of aromatic nitrogens is 2. The molecule has 1 N–H and O–H groups in total. The Morgan fingerprint density at radius 2 is 2.11 bits per heavy atom. The van der Waals surface area contributed by atoms with Gasteiger partial charge in [0.05, 0.1) is 12.8 Å². The lowest BCUT2D eigenvalue weighted by molar-refractivity contribution is 0.332. The predicted molar refractivity (Wildman–Crippen MR) is 72.0 cm³/mol. The first-order valence-corrected chi connectivity index (χ1v) is 6.77. The third kappa shape index (κ3) is 3.82. The minimum atomic E-state index is -0.293. The Balaban J connectivity index is 2.02. The van der Waals surface area contributed by atoms with E-state index < -0.39 is 0 Å². The molecular formula is C13H13FN2O2S. The summed E-state index contributed by atoms with van der Waals surface area (Å²) in [7, 11) is 0. The van der Waals surface area contributed by atoms with Gasteiger partial charge in [-0.2, -0.15) is 0 Å². The molecule has 0 atom stereocenters. The molecule has 2 rings (SSSR count). The van der Waals surface area contributed by atoms with Gasteiger partial charge in [0.25, 0.3) is 5.56 Å². The summed E-state index contributed by atoms with van der Waals surface area (Å²) in [4.78, 5) is 18.3. The zero-order valence-corrected chi connectivity index (χ0v) is 11.2. The van der Waals surface area contributed by atoms with E-state index >= 15 is 0 Å². The molecule has 0 unspecified atom stereocenters. The monoisotopic (exact) mass is 280 g/mol. The minimum absolute atomic E-state index is 0.216. The van der Waals surface area contributed by atoms with Gasteiger partial charge in [-0.15, -0.1) is 0 Å². The van der Waals surface area contributed by atoms with E-state index in [1.807, 2.05) is 0 Å². The van der Waals surface area contributed by atoms with Gasteiger partial charge in [0.15, 0.2) is 5.16 Å². The van der Waals surface area contributed by atoms with Crippen LogP contribution in [0.3, 0.4) is 0 Å². The van der Waals surface area contributed by atoms with Crippen molar-refractivity contribution in [1.29, 1.82) is 0 Å². The second kappa shape index (κ2) is 6.38. The smallest absolute Gasteiger partial charge is 0.293 e. The Morgan fingerprint density at radius 1 is 1.37 bits per heavy atom. The van der Waals surface area contributed by atoms with E-state index in [2.05, 4.69) is 9.97 Å². The number of benzene rings is 1. The molecule has 0 fully saturated rings. The number of rotatable bonds is 5.